The van der Waals surface area contributed by atoms with Crippen molar-refractivity contribution in [2.24, 2.45) is 0 Å². The van der Waals surface area contributed by atoms with Crippen LogP contribution >= 0.6 is 11.3 Å². The van der Waals surface area contributed by atoms with Gasteiger partial charge in [0, 0.05) is 11.3 Å². The molecule has 7 heteroatoms. The van der Waals surface area contributed by atoms with Crippen molar-refractivity contribution < 1.29 is 13.9 Å². The number of nitrogens with zero attached hydrogens (tertiary/aromatic N) is 1. The lowest BCUT2D eigenvalue weighted by Gasteiger charge is -2.15. The van der Waals surface area contributed by atoms with Crippen molar-refractivity contribution in [3.8, 4) is 5.75 Å². The van der Waals surface area contributed by atoms with Crippen molar-refractivity contribution in [2.75, 3.05) is 6.61 Å². The highest BCUT2D eigenvalue weighted by molar-refractivity contribution is 7.09. The number of thiazole rings is 1. The third kappa shape index (κ3) is 4.67. The Hall–Kier alpha value is -2.15. The molecule has 1 atom stereocenters. The molecule has 0 aliphatic heterocycles. The highest BCUT2D eigenvalue weighted by Crippen LogP contribution is 2.41. The Bertz CT molecular complexity index is 703. The maximum Gasteiger partial charge on any atom is 0.315 e. The monoisotopic (exact) mass is 349 g/mol. The highest BCUT2D eigenvalue weighted by atomic mass is 32.1. The smallest absolute Gasteiger partial charge is 0.315 e. The van der Waals surface area contributed by atoms with E-state index in [-0.39, 0.29) is 24.4 Å². The van der Waals surface area contributed by atoms with Gasteiger partial charge in [0.25, 0.3) is 0 Å². The second-order valence-electron chi connectivity index (χ2n) is 5.92. The molecular formula is C17H20FN3O2S. The Morgan fingerprint density at radius 3 is 3.00 bits per heavy atom. The second kappa shape index (κ2) is 7.61. The first-order valence-electron chi connectivity index (χ1n) is 7.98. The molecule has 3 rings (SSSR count). The van der Waals surface area contributed by atoms with Gasteiger partial charge in [-0.15, -0.1) is 11.3 Å². The summed E-state index contributed by atoms with van der Waals surface area (Å²) < 4.78 is 18.8. The first kappa shape index (κ1) is 16.7. The van der Waals surface area contributed by atoms with Gasteiger partial charge in [-0.25, -0.2) is 14.2 Å². The minimum atomic E-state index is -0.413. The maximum atomic E-state index is 13.4. The molecule has 1 saturated carbocycles. The van der Waals surface area contributed by atoms with Crippen molar-refractivity contribution in [1.82, 2.24) is 15.6 Å². The van der Waals surface area contributed by atoms with E-state index < -0.39 is 5.82 Å². The van der Waals surface area contributed by atoms with Crippen molar-refractivity contribution in [3.63, 3.8) is 0 Å². The quantitative estimate of drug-likeness (QED) is 0.805. The first-order valence-corrected chi connectivity index (χ1v) is 8.86. The minimum Gasteiger partial charge on any atom is -0.488 e. The number of benzene rings is 1. The van der Waals surface area contributed by atoms with E-state index in [1.165, 1.54) is 23.9 Å². The number of carbonyl (C=O) groups is 1. The predicted octanol–water partition coefficient (Wildman–Crippen LogP) is 3.43. The lowest BCUT2D eigenvalue weighted by Crippen LogP contribution is -2.43. The van der Waals surface area contributed by atoms with E-state index in [1.807, 2.05) is 5.38 Å². The van der Waals surface area contributed by atoms with Gasteiger partial charge in [-0.2, -0.15) is 0 Å². The molecule has 1 aromatic carbocycles. The van der Waals surface area contributed by atoms with E-state index in [9.17, 15) is 9.18 Å². The Balaban J connectivity index is 1.38. The Morgan fingerprint density at radius 1 is 1.46 bits per heavy atom. The molecule has 2 amide bonds. The summed E-state index contributed by atoms with van der Waals surface area (Å²) in [6, 6.07) is 5.66. The van der Waals surface area contributed by atoms with E-state index in [4.69, 9.17) is 4.74 Å². The zero-order chi connectivity index (χ0) is 16.9. The lowest BCUT2D eigenvalue weighted by molar-refractivity contribution is 0.224. The Kier molecular flexibility index (Phi) is 5.30. The number of rotatable bonds is 7. The SMILES string of the molecule is C[C@@H](COc1ccccc1F)NC(=O)NCc1csc(C2CC2)n1. The third-order valence-corrected chi connectivity index (χ3v) is 4.69. The van der Waals surface area contributed by atoms with Crippen molar-refractivity contribution in [3.05, 3.63) is 46.2 Å². The number of hydrogen-bond donors (Lipinski definition) is 2. The van der Waals surface area contributed by atoms with Crippen LogP contribution in [0.3, 0.4) is 0 Å². The molecule has 1 aliphatic rings. The Morgan fingerprint density at radius 2 is 2.25 bits per heavy atom. The molecule has 1 aliphatic carbocycles. The van der Waals surface area contributed by atoms with Crippen LogP contribution in [0.25, 0.3) is 0 Å². The summed E-state index contributed by atoms with van der Waals surface area (Å²) in [7, 11) is 0. The van der Waals surface area contributed by atoms with Gasteiger partial charge in [0.2, 0.25) is 0 Å². The van der Waals surface area contributed by atoms with E-state index in [1.54, 1.807) is 36.5 Å². The molecule has 2 aromatic rings. The van der Waals surface area contributed by atoms with Crippen LogP contribution in [0, 0.1) is 5.82 Å². The summed E-state index contributed by atoms with van der Waals surface area (Å²) in [6.07, 6.45) is 2.45. The number of halogens is 1. The molecule has 24 heavy (non-hydrogen) atoms. The maximum absolute atomic E-state index is 13.4. The molecule has 0 bridgehead atoms. The molecule has 0 saturated heterocycles. The van der Waals surface area contributed by atoms with Gasteiger partial charge in [-0.3, -0.25) is 0 Å². The number of carbonyl (C=O) groups excluding carboxylic acids is 1. The third-order valence-electron chi connectivity index (χ3n) is 3.63. The number of para-hydroxylation sites is 1. The molecule has 0 spiro atoms. The van der Waals surface area contributed by atoms with Crippen LogP contribution < -0.4 is 15.4 Å². The number of hydrogen-bond acceptors (Lipinski definition) is 4. The molecule has 0 radical (unpaired) electrons. The van der Waals surface area contributed by atoms with Crippen molar-refractivity contribution in [1.29, 1.82) is 0 Å². The second-order valence-corrected chi connectivity index (χ2v) is 6.81. The van der Waals surface area contributed by atoms with E-state index >= 15 is 0 Å². The summed E-state index contributed by atoms with van der Waals surface area (Å²) in [4.78, 5) is 16.4. The fraction of sp³-hybridized carbons (Fsp3) is 0.412. The number of ether oxygens (including phenoxy) is 1. The summed E-state index contributed by atoms with van der Waals surface area (Å²) in [5.74, 6) is 0.402. The topological polar surface area (TPSA) is 63.2 Å². The van der Waals surface area contributed by atoms with Crippen LogP contribution in [0.5, 0.6) is 5.75 Å². The largest absolute Gasteiger partial charge is 0.488 e. The van der Waals surface area contributed by atoms with Crippen LogP contribution in [-0.2, 0) is 6.54 Å². The first-order chi connectivity index (χ1) is 11.6. The number of aromatic nitrogens is 1. The number of nitrogens with one attached hydrogen (secondary N) is 2. The van der Waals surface area contributed by atoms with Gasteiger partial charge in [0.05, 0.1) is 23.3 Å². The van der Waals surface area contributed by atoms with E-state index in [0.29, 0.717) is 12.5 Å². The Labute approximate surface area is 144 Å². The predicted molar refractivity (Wildman–Crippen MR) is 90.8 cm³/mol. The van der Waals surface area contributed by atoms with Crippen molar-refractivity contribution in [2.45, 2.75) is 38.3 Å². The molecule has 1 fully saturated rings. The van der Waals surface area contributed by atoms with Crippen molar-refractivity contribution >= 4 is 17.4 Å². The van der Waals surface area contributed by atoms with Crippen LogP contribution in [0.15, 0.2) is 29.6 Å². The standard InChI is InChI=1S/C17H20FN3O2S/c1-11(9-23-15-5-3-2-4-14(15)18)20-17(22)19-8-13-10-24-16(21-13)12-6-7-12/h2-5,10-12H,6-9H2,1H3,(H2,19,20,22)/t11-/m0/s1. The van der Waals surface area contributed by atoms with E-state index in [0.717, 1.165) is 5.69 Å². The average molecular weight is 349 g/mol. The zero-order valence-electron chi connectivity index (χ0n) is 13.4. The molecule has 1 aromatic heterocycles. The number of amides is 2. The lowest BCUT2D eigenvalue weighted by atomic mass is 10.3. The molecule has 0 unspecified atom stereocenters. The number of urea groups is 1. The van der Waals surface area contributed by atoms with Gasteiger partial charge < -0.3 is 15.4 Å². The van der Waals surface area contributed by atoms with Gasteiger partial charge in [-0.1, -0.05) is 12.1 Å². The molecule has 128 valence electrons. The van der Waals surface area contributed by atoms with Gasteiger partial charge in [0.1, 0.15) is 6.61 Å². The molecule has 1 heterocycles. The summed E-state index contributed by atoms with van der Waals surface area (Å²) in [6.45, 7) is 2.39. The summed E-state index contributed by atoms with van der Waals surface area (Å²) in [5, 5.41) is 8.69. The van der Waals surface area contributed by atoms with Crippen LogP contribution in [0.1, 0.15) is 36.4 Å². The van der Waals surface area contributed by atoms with Crippen LogP contribution in [0.4, 0.5) is 9.18 Å². The minimum absolute atomic E-state index is 0.182. The summed E-state index contributed by atoms with van der Waals surface area (Å²) in [5.41, 5.74) is 0.882. The van der Waals surface area contributed by atoms with Crippen LogP contribution in [-0.4, -0.2) is 23.7 Å². The fourth-order valence-electron chi connectivity index (χ4n) is 2.19. The molecule has 2 N–H and O–H groups in total. The molecular weight excluding hydrogens is 329 g/mol. The molecule has 5 nitrogen and oxygen atoms in total. The van der Waals surface area contributed by atoms with Gasteiger partial charge in [0.15, 0.2) is 11.6 Å². The fourth-order valence-corrected chi connectivity index (χ4v) is 3.18. The van der Waals surface area contributed by atoms with Gasteiger partial charge >= 0.3 is 6.03 Å². The van der Waals surface area contributed by atoms with Crippen LogP contribution in [0.2, 0.25) is 0 Å². The average Bonchev–Trinajstić information content (AvgIpc) is 3.31. The highest BCUT2D eigenvalue weighted by Gasteiger charge is 2.26. The van der Waals surface area contributed by atoms with E-state index in [2.05, 4.69) is 15.6 Å². The summed E-state index contributed by atoms with van der Waals surface area (Å²) >= 11 is 1.65. The zero-order valence-corrected chi connectivity index (χ0v) is 14.2. The normalized spacial score (nSPS) is 14.9. The van der Waals surface area contributed by atoms with Gasteiger partial charge in [-0.05, 0) is 31.9 Å².